The van der Waals surface area contributed by atoms with Gasteiger partial charge in [-0.1, -0.05) is 30.3 Å². The molecule has 2 N–H and O–H groups in total. The number of carbonyl (C=O) groups excluding carboxylic acids is 1. The number of thiophene rings is 1. The summed E-state index contributed by atoms with van der Waals surface area (Å²) in [5.74, 6) is -0.156. The summed E-state index contributed by atoms with van der Waals surface area (Å²) in [4.78, 5) is 18.5. The Balaban J connectivity index is 1.50. The third-order valence-electron chi connectivity index (χ3n) is 3.43. The maximum absolute atomic E-state index is 12.3. The third-order valence-corrected chi connectivity index (χ3v) is 5.72. The van der Waals surface area contributed by atoms with Crippen LogP contribution < -0.4 is 10.9 Å². The second kappa shape index (κ2) is 6.43. The van der Waals surface area contributed by atoms with Crippen molar-refractivity contribution < 1.29 is 4.79 Å². The van der Waals surface area contributed by atoms with Crippen LogP contribution in [-0.2, 0) is 0 Å². The summed E-state index contributed by atoms with van der Waals surface area (Å²) < 4.78 is 1.15. The fourth-order valence-electron chi connectivity index (χ4n) is 2.26. The van der Waals surface area contributed by atoms with Crippen molar-refractivity contribution >= 4 is 44.5 Å². The maximum atomic E-state index is 12.3. The van der Waals surface area contributed by atoms with Gasteiger partial charge in [-0.25, -0.2) is 4.98 Å². The molecule has 0 fully saturated rings. The van der Waals surface area contributed by atoms with Gasteiger partial charge in [0.1, 0.15) is 5.01 Å². The van der Waals surface area contributed by atoms with E-state index in [1.54, 1.807) is 11.3 Å². The van der Waals surface area contributed by atoms with Crippen molar-refractivity contribution in [3.63, 3.8) is 0 Å². The molecule has 0 saturated heterocycles. The Kier molecular flexibility index (Phi) is 3.98. The van der Waals surface area contributed by atoms with Crippen molar-refractivity contribution in [3.05, 3.63) is 71.6 Å². The second-order valence-corrected chi connectivity index (χ2v) is 7.21. The van der Waals surface area contributed by atoms with Crippen molar-refractivity contribution in [2.75, 3.05) is 5.43 Å². The molecule has 2 aromatic carbocycles. The number of carbonyl (C=O) groups is 1. The standard InChI is InChI=1S/C18H13N3OS2/c22-17(21-20-12-6-2-1-3-7-12)15-10-11-16(23-15)18-19-13-8-4-5-9-14(13)24-18/h1-11,20H,(H,21,22). The van der Waals surface area contributed by atoms with E-state index in [1.165, 1.54) is 11.3 Å². The summed E-state index contributed by atoms with van der Waals surface area (Å²) in [6.45, 7) is 0. The van der Waals surface area contributed by atoms with Gasteiger partial charge in [0, 0.05) is 0 Å². The molecule has 4 nitrogen and oxygen atoms in total. The number of hydrogen-bond acceptors (Lipinski definition) is 5. The van der Waals surface area contributed by atoms with Gasteiger partial charge in [0.2, 0.25) is 0 Å². The van der Waals surface area contributed by atoms with E-state index < -0.39 is 0 Å². The molecule has 2 heterocycles. The van der Waals surface area contributed by atoms with Gasteiger partial charge in [0.25, 0.3) is 5.91 Å². The number of thiazole rings is 1. The van der Waals surface area contributed by atoms with Crippen molar-refractivity contribution in [2.45, 2.75) is 0 Å². The molecule has 24 heavy (non-hydrogen) atoms. The van der Waals surface area contributed by atoms with Gasteiger partial charge >= 0.3 is 0 Å². The normalized spacial score (nSPS) is 10.7. The van der Waals surface area contributed by atoms with E-state index in [9.17, 15) is 4.79 Å². The summed E-state index contributed by atoms with van der Waals surface area (Å²) in [5, 5.41) is 0.941. The molecule has 0 spiro atoms. The Bertz CT molecular complexity index is 959. The van der Waals surface area contributed by atoms with Crippen LogP contribution in [0.4, 0.5) is 5.69 Å². The number of rotatable bonds is 4. The molecule has 6 heteroatoms. The van der Waals surface area contributed by atoms with E-state index in [0.717, 1.165) is 25.8 Å². The Morgan fingerprint density at radius 1 is 0.875 bits per heavy atom. The lowest BCUT2D eigenvalue weighted by Crippen LogP contribution is -2.28. The summed E-state index contributed by atoms with van der Waals surface area (Å²) in [6, 6.07) is 21.3. The number of benzene rings is 2. The van der Waals surface area contributed by atoms with Crippen molar-refractivity contribution in [1.29, 1.82) is 0 Å². The van der Waals surface area contributed by atoms with Crippen molar-refractivity contribution in [3.8, 4) is 9.88 Å². The van der Waals surface area contributed by atoms with Crippen LogP contribution in [0.1, 0.15) is 9.67 Å². The predicted molar refractivity (Wildman–Crippen MR) is 100 cm³/mol. The molecule has 0 aliphatic heterocycles. The molecular formula is C18H13N3OS2. The highest BCUT2D eigenvalue weighted by atomic mass is 32.1. The Labute approximate surface area is 146 Å². The number of amides is 1. The van der Waals surface area contributed by atoms with E-state index in [2.05, 4.69) is 21.9 Å². The number of aromatic nitrogens is 1. The van der Waals surface area contributed by atoms with E-state index in [1.807, 2.05) is 60.7 Å². The van der Waals surface area contributed by atoms with Crippen LogP contribution >= 0.6 is 22.7 Å². The molecule has 0 aliphatic carbocycles. The summed E-state index contributed by atoms with van der Waals surface area (Å²) >= 11 is 3.08. The number of nitrogens with one attached hydrogen (secondary N) is 2. The Morgan fingerprint density at radius 3 is 2.50 bits per heavy atom. The van der Waals surface area contributed by atoms with Crippen molar-refractivity contribution in [2.24, 2.45) is 0 Å². The maximum Gasteiger partial charge on any atom is 0.279 e. The second-order valence-electron chi connectivity index (χ2n) is 5.10. The first-order valence-corrected chi connectivity index (χ1v) is 9.00. The quantitative estimate of drug-likeness (QED) is 0.520. The predicted octanol–water partition coefficient (Wildman–Crippen LogP) is 4.78. The zero-order chi connectivity index (χ0) is 16.4. The number of hydrazine groups is 1. The van der Waals surface area contributed by atoms with Crippen LogP contribution in [0.25, 0.3) is 20.1 Å². The average Bonchev–Trinajstić information content (AvgIpc) is 3.27. The van der Waals surface area contributed by atoms with Gasteiger partial charge in [-0.15, -0.1) is 22.7 Å². The van der Waals surface area contributed by atoms with Crippen LogP contribution in [0.15, 0.2) is 66.7 Å². The van der Waals surface area contributed by atoms with E-state index in [0.29, 0.717) is 4.88 Å². The molecule has 118 valence electrons. The average molecular weight is 351 g/mol. The van der Waals surface area contributed by atoms with Crippen LogP contribution in [0, 0.1) is 0 Å². The fourth-order valence-corrected chi connectivity index (χ4v) is 4.19. The molecule has 0 saturated carbocycles. The summed E-state index contributed by atoms with van der Waals surface area (Å²) in [7, 11) is 0. The fraction of sp³-hybridized carbons (Fsp3) is 0. The van der Waals surface area contributed by atoms with E-state index >= 15 is 0 Å². The first-order chi connectivity index (χ1) is 11.8. The zero-order valence-corrected chi connectivity index (χ0v) is 14.2. The lowest BCUT2D eigenvalue weighted by Gasteiger charge is -2.06. The number of fused-ring (bicyclic) bond motifs is 1. The molecule has 1 amide bonds. The molecule has 4 aromatic rings. The Morgan fingerprint density at radius 2 is 1.67 bits per heavy atom. The number of anilines is 1. The van der Waals surface area contributed by atoms with Crippen LogP contribution in [-0.4, -0.2) is 10.9 Å². The third kappa shape index (κ3) is 3.02. The smallest absolute Gasteiger partial charge is 0.279 e. The van der Waals surface area contributed by atoms with Gasteiger partial charge < -0.3 is 0 Å². The van der Waals surface area contributed by atoms with Gasteiger partial charge in [0.05, 0.1) is 25.7 Å². The molecule has 0 aliphatic rings. The van der Waals surface area contributed by atoms with Crippen molar-refractivity contribution in [1.82, 2.24) is 10.4 Å². The molecule has 4 rings (SSSR count). The first-order valence-electron chi connectivity index (χ1n) is 7.37. The van der Waals surface area contributed by atoms with E-state index in [-0.39, 0.29) is 5.91 Å². The monoisotopic (exact) mass is 351 g/mol. The minimum absolute atomic E-state index is 0.156. The lowest BCUT2D eigenvalue weighted by atomic mass is 10.3. The molecular weight excluding hydrogens is 338 g/mol. The largest absolute Gasteiger partial charge is 0.298 e. The molecule has 2 aromatic heterocycles. The Hall–Kier alpha value is -2.70. The van der Waals surface area contributed by atoms with Gasteiger partial charge in [-0.05, 0) is 36.4 Å². The molecule has 0 atom stereocenters. The first kappa shape index (κ1) is 14.9. The lowest BCUT2D eigenvalue weighted by molar-refractivity contribution is 0.0966. The van der Waals surface area contributed by atoms with E-state index in [4.69, 9.17) is 0 Å². The zero-order valence-electron chi connectivity index (χ0n) is 12.5. The highest BCUT2D eigenvalue weighted by Gasteiger charge is 2.13. The number of hydrogen-bond donors (Lipinski definition) is 2. The number of nitrogens with zero attached hydrogens (tertiary/aromatic N) is 1. The summed E-state index contributed by atoms with van der Waals surface area (Å²) in [5.41, 5.74) is 7.45. The summed E-state index contributed by atoms with van der Waals surface area (Å²) in [6.07, 6.45) is 0. The van der Waals surface area contributed by atoms with Gasteiger partial charge in [-0.3, -0.25) is 15.6 Å². The highest BCUT2D eigenvalue weighted by molar-refractivity contribution is 7.26. The topological polar surface area (TPSA) is 54.0 Å². The minimum Gasteiger partial charge on any atom is -0.298 e. The SMILES string of the molecule is O=C(NNc1ccccc1)c1ccc(-c2nc3ccccc3s2)s1. The van der Waals surface area contributed by atoms with Crippen LogP contribution in [0.2, 0.25) is 0 Å². The number of para-hydroxylation sites is 2. The molecule has 0 bridgehead atoms. The van der Waals surface area contributed by atoms with Crippen LogP contribution in [0.3, 0.4) is 0 Å². The minimum atomic E-state index is -0.156. The van der Waals surface area contributed by atoms with Gasteiger partial charge in [0.15, 0.2) is 0 Å². The highest BCUT2D eigenvalue weighted by Crippen LogP contribution is 2.34. The molecule has 0 radical (unpaired) electrons. The molecule has 0 unspecified atom stereocenters. The van der Waals surface area contributed by atoms with Gasteiger partial charge in [-0.2, -0.15) is 0 Å². The van der Waals surface area contributed by atoms with Crippen LogP contribution in [0.5, 0.6) is 0 Å².